The standard InChI is InChI=1S/C8H14.C2H4N4.C2H6/c1-4-6-8(3)7-5-2;1-6-2-3-4-5-6;1-2/h4,6H,1,5,7H2,2-3H3;2H,1H3;1-2H3/b8-6-;;. The molecule has 4 heteroatoms. The molecular weight excluding hydrogens is 200 g/mol. The molecule has 0 spiro atoms. The quantitative estimate of drug-likeness (QED) is 0.741. The first kappa shape index (κ1) is 17.0. The van der Waals surface area contributed by atoms with Crippen molar-refractivity contribution in [3.63, 3.8) is 0 Å². The van der Waals surface area contributed by atoms with Crippen LogP contribution in [0.1, 0.15) is 40.5 Å². The van der Waals surface area contributed by atoms with Crippen LogP contribution in [0, 0.1) is 0 Å². The third-order valence-corrected chi connectivity index (χ3v) is 1.50. The SMILES string of the molecule is C=C/C=C(/C)CCC.CC.Cn1cnnn1. The van der Waals surface area contributed by atoms with Crippen LogP contribution in [0.2, 0.25) is 0 Å². The first-order valence-electron chi connectivity index (χ1n) is 5.65. The van der Waals surface area contributed by atoms with Crippen LogP contribution in [0.5, 0.6) is 0 Å². The molecule has 1 rings (SSSR count). The molecule has 1 aromatic rings. The maximum Gasteiger partial charge on any atom is 0.137 e. The number of hydrogen-bond acceptors (Lipinski definition) is 3. The Labute approximate surface area is 99.1 Å². The van der Waals surface area contributed by atoms with E-state index < -0.39 is 0 Å². The zero-order chi connectivity index (χ0) is 12.8. The second-order valence-electron chi connectivity index (χ2n) is 2.98. The van der Waals surface area contributed by atoms with Gasteiger partial charge in [-0.05, 0) is 23.8 Å². The van der Waals surface area contributed by atoms with Gasteiger partial charge in [-0.25, -0.2) is 4.68 Å². The molecule has 92 valence electrons. The number of allylic oxidation sites excluding steroid dienone is 3. The lowest BCUT2D eigenvalue weighted by molar-refractivity contribution is 0.710. The van der Waals surface area contributed by atoms with Crippen LogP contribution in [0.15, 0.2) is 30.6 Å². The van der Waals surface area contributed by atoms with Crippen molar-refractivity contribution in [2.75, 3.05) is 0 Å². The summed E-state index contributed by atoms with van der Waals surface area (Å²) in [6.45, 7) is 11.9. The summed E-state index contributed by atoms with van der Waals surface area (Å²) in [5, 5.41) is 10.2. The predicted octanol–water partition coefficient (Wildman–Crippen LogP) is 3.16. The fraction of sp³-hybridized carbons (Fsp3) is 0.583. The van der Waals surface area contributed by atoms with E-state index in [1.807, 2.05) is 19.9 Å². The highest BCUT2D eigenvalue weighted by Gasteiger charge is 1.81. The smallest absolute Gasteiger partial charge is 0.137 e. The summed E-state index contributed by atoms with van der Waals surface area (Å²) in [5.74, 6) is 0. The van der Waals surface area contributed by atoms with E-state index in [1.54, 1.807) is 7.05 Å². The Morgan fingerprint density at radius 2 is 2.06 bits per heavy atom. The van der Waals surface area contributed by atoms with Gasteiger partial charge < -0.3 is 0 Å². The van der Waals surface area contributed by atoms with Gasteiger partial charge in [0.15, 0.2) is 0 Å². The number of aryl methyl sites for hydroxylation is 1. The van der Waals surface area contributed by atoms with Crippen LogP contribution >= 0.6 is 0 Å². The monoisotopic (exact) mass is 224 g/mol. The van der Waals surface area contributed by atoms with Crippen LogP contribution in [0.4, 0.5) is 0 Å². The van der Waals surface area contributed by atoms with Crippen LogP contribution < -0.4 is 0 Å². The molecule has 0 fully saturated rings. The lowest BCUT2D eigenvalue weighted by atomic mass is 10.2. The highest BCUT2D eigenvalue weighted by atomic mass is 15.5. The summed E-state index contributed by atoms with van der Waals surface area (Å²) in [5.41, 5.74) is 1.42. The maximum absolute atomic E-state index is 3.61. The minimum absolute atomic E-state index is 1.20. The van der Waals surface area contributed by atoms with Crippen molar-refractivity contribution < 1.29 is 0 Å². The van der Waals surface area contributed by atoms with Gasteiger partial charge in [0.1, 0.15) is 6.33 Å². The van der Waals surface area contributed by atoms with Crippen molar-refractivity contribution in [2.45, 2.75) is 40.5 Å². The van der Waals surface area contributed by atoms with Gasteiger partial charge >= 0.3 is 0 Å². The minimum atomic E-state index is 1.20. The molecule has 0 saturated carbocycles. The molecule has 0 atom stereocenters. The van der Waals surface area contributed by atoms with E-state index in [0.717, 1.165) is 0 Å². The maximum atomic E-state index is 3.61. The van der Waals surface area contributed by atoms with Gasteiger partial charge in [-0.15, -0.1) is 5.10 Å². The van der Waals surface area contributed by atoms with E-state index in [9.17, 15) is 0 Å². The first-order chi connectivity index (χ1) is 7.70. The van der Waals surface area contributed by atoms with Crippen molar-refractivity contribution in [2.24, 2.45) is 7.05 Å². The highest BCUT2D eigenvalue weighted by molar-refractivity contribution is 5.07. The van der Waals surface area contributed by atoms with E-state index in [2.05, 4.69) is 42.0 Å². The molecule has 0 radical (unpaired) electrons. The second kappa shape index (κ2) is 13.5. The van der Waals surface area contributed by atoms with Gasteiger partial charge in [-0.2, -0.15) is 0 Å². The van der Waals surface area contributed by atoms with Gasteiger partial charge in [0.2, 0.25) is 0 Å². The molecule has 4 nitrogen and oxygen atoms in total. The van der Waals surface area contributed by atoms with E-state index in [-0.39, 0.29) is 0 Å². The van der Waals surface area contributed by atoms with E-state index >= 15 is 0 Å². The zero-order valence-corrected chi connectivity index (χ0v) is 11.1. The fourth-order valence-corrected chi connectivity index (χ4v) is 0.886. The summed E-state index contributed by atoms with van der Waals surface area (Å²) in [7, 11) is 1.76. The Kier molecular flexibility index (Phi) is 14.4. The van der Waals surface area contributed by atoms with Gasteiger partial charge in [0.05, 0.1) is 0 Å². The molecule has 0 aliphatic heterocycles. The highest BCUT2D eigenvalue weighted by Crippen LogP contribution is 2.01. The van der Waals surface area contributed by atoms with E-state index in [4.69, 9.17) is 0 Å². The van der Waals surface area contributed by atoms with Gasteiger partial charge in [-0.1, -0.05) is 51.5 Å². The topological polar surface area (TPSA) is 43.6 Å². The van der Waals surface area contributed by atoms with Crippen molar-refractivity contribution in [3.8, 4) is 0 Å². The number of hydrogen-bond donors (Lipinski definition) is 0. The molecule has 0 amide bonds. The Morgan fingerprint density at radius 3 is 2.31 bits per heavy atom. The van der Waals surface area contributed by atoms with Crippen LogP contribution in [-0.4, -0.2) is 20.2 Å². The number of nitrogens with zero attached hydrogens (tertiary/aromatic N) is 4. The molecule has 0 saturated heterocycles. The summed E-state index contributed by atoms with van der Waals surface area (Å²) in [4.78, 5) is 0. The third-order valence-electron chi connectivity index (χ3n) is 1.50. The summed E-state index contributed by atoms with van der Waals surface area (Å²) >= 11 is 0. The molecule has 0 unspecified atom stereocenters. The third kappa shape index (κ3) is 12.6. The Balaban J connectivity index is 0. The van der Waals surface area contributed by atoms with Crippen molar-refractivity contribution in [3.05, 3.63) is 30.6 Å². The molecule has 0 bridgehead atoms. The van der Waals surface area contributed by atoms with E-state index in [1.165, 1.54) is 29.4 Å². The van der Waals surface area contributed by atoms with Crippen LogP contribution in [0.3, 0.4) is 0 Å². The average molecular weight is 224 g/mol. The Morgan fingerprint density at radius 1 is 1.44 bits per heavy atom. The largest absolute Gasteiger partial charge is 0.236 e. The molecule has 0 N–H and O–H groups in total. The molecule has 0 aromatic carbocycles. The molecular formula is C12H24N4. The predicted molar refractivity (Wildman–Crippen MR) is 69.0 cm³/mol. The van der Waals surface area contributed by atoms with Gasteiger partial charge in [0, 0.05) is 7.05 Å². The number of aromatic nitrogens is 4. The number of rotatable bonds is 3. The molecule has 0 aliphatic carbocycles. The summed E-state index contributed by atoms with van der Waals surface area (Å²) in [6, 6.07) is 0. The van der Waals surface area contributed by atoms with Gasteiger partial charge in [-0.3, -0.25) is 0 Å². The molecule has 0 aliphatic rings. The summed E-state index contributed by atoms with van der Waals surface area (Å²) in [6.07, 6.45) is 7.86. The molecule has 1 aromatic heterocycles. The van der Waals surface area contributed by atoms with Crippen molar-refractivity contribution in [1.29, 1.82) is 0 Å². The zero-order valence-electron chi connectivity index (χ0n) is 11.1. The van der Waals surface area contributed by atoms with Crippen molar-refractivity contribution in [1.82, 2.24) is 20.2 Å². The number of tetrazole rings is 1. The Hall–Kier alpha value is -1.45. The van der Waals surface area contributed by atoms with Crippen LogP contribution in [-0.2, 0) is 7.05 Å². The first-order valence-corrected chi connectivity index (χ1v) is 5.65. The molecule has 1 heterocycles. The van der Waals surface area contributed by atoms with E-state index in [0.29, 0.717) is 0 Å². The van der Waals surface area contributed by atoms with Crippen LogP contribution in [0.25, 0.3) is 0 Å². The lowest BCUT2D eigenvalue weighted by Crippen LogP contribution is -1.85. The lowest BCUT2D eigenvalue weighted by Gasteiger charge is -1.91. The fourth-order valence-electron chi connectivity index (χ4n) is 0.886. The normalized spacial score (nSPS) is 9.44. The van der Waals surface area contributed by atoms with Crippen molar-refractivity contribution >= 4 is 0 Å². The average Bonchev–Trinajstić information content (AvgIpc) is 2.74. The second-order valence-corrected chi connectivity index (χ2v) is 2.98. The Bertz CT molecular complexity index is 263. The summed E-state index contributed by atoms with van der Waals surface area (Å²) < 4.78 is 1.53. The minimum Gasteiger partial charge on any atom is -0.236 e. The molecule has 16 heavy (non-hydrogen) atoms. The van der Waals surface area contributed by atoms with Gasteiger partial charge in [0.25, 0.3) is 0 Å².